The fourth-order valence-corrected chi connectivity index (χ4v) is 5.09. The molecular weight excluding hydrogens is 452 g/mol. The molecule has 1 heterocycles. The van der Waals surface area contributed by atoms with Gasteiger partial charge in [-0.1, -0.05) is 61.5 Å². The number of nitrogens with zero attached hydrogens (tertiary/aromatic N) is 1. The van der Waals surface area contributed by atoms with E-state index < -0.39 is 11.6 Å². The Bertz CT molecular complexity index is 1220. The number of amides is 2. The molecule has 0 saturated carbocycles. The first-order valence-electron chi connectivity index (χ1n) is 12.8. The van der Waals surface area contributed by atoms with Gasteiger partial charge >= 0.3 is 12.0 Å². The van der Waals surface area contributed by atoms with Gasteiger partial charge in [-0.3, -0.25) is 0 Å². The zero-order valence-corrected chi connectivity index (χ0v) is 21.4. The first-order valence-corrected chi connectivity index (χ1v) is 12.8. The second kappa shape index (κ2) is 10.6. The number of hydrogen-bond acceptors (Lipinski definition) is 3. The molecule has 2 amide bonds. The smallest absolute Gasteiger partial charge is 0.347 e. The SMILES string of the molecule is CCCN1C(=O)NCC1(CCCc1ccc(OC(C)(C)C(=O)O)cc1)Cc1ccc2ccccc2c1. The van der Waals surface area contributed by atoms with Crippen molar-refractivity contribution in [2.24, 2.45) is 0 Å². The predicted molar refractivity (Wildman–Crippen MR) is 143 cm³/mol. The van der Waals surface area contributed by atoms with Crippen LogP contribution in [-0.4, -0.2) is 46.2 Å². The van der Waals surface area contributed by atoms with Gasteiger partial charge in [0.25, 0.3) is 0 Å². The van der Waals surface area contributed by atoms with E-state index in [1.54, 1.807) is 0 Å². The van der Waals surface area contributed by atoms with Crippen LogP contribution in [-0.2, 0) is 17.6 Å². The number of carbonyl (C=O) groups excluding carboxylic acids is 1. The van der Waals surface area contributed by atoms with Crippen molar-refractivity contribution in [1.29, 1.82) is 0 Å². The van der Waals surface area contributed by atoms with Gasteiger partial charge in [0, 0.05) is 13.1 Å². The first-order chi connectivity index (χ1) is 17.2. The maximum atomic E-state index is 12.8. The number of urea groups is 1. The van der Waals surface area contributed by atoms with Crippen molar-refractivity contribution in [3.63, 3.8) is 0 Å². The second-order valence-electron chi connectivity index (χ2n) is 10.3. The van der Waals surface area contributed by atoms with Crippen molar-refractivity contribution in [3.8, 4) is 5.75 Å². The standard InChI is InChI=1S/C30H36N2O4/c1-4-18-32-28(35)31-21-30(32,20-23-11-14-24-9-5-6-10-25(24)19-23)17-7-8-22-12-15-26(16-13-22)36-29(2,3)27(33)34/h5-6,9-16,19H,4,7-8,17-18,20-21H2,1-3H3,(H,31,35)(H,33,34). The number of benzene rings is 3. The van der Waals surface area contributed by atoms with Crippen LogP contribution < -0.4 is 10.1 Å². The molecule has 1 atom stereocenters. The number of carbonyl (C=O) groups is 2. The molecule has 1 saturated heterocycles. The Kier molecular flexibility index (Phi) is 7.53. The van der Waals surface area contributed by atoms with E-state index >= 15 is 0 Å². The summed E-state index contributed by atoms with van der Waals surface area (Å²) in [7, 11) is 0. The number of fused-ring (bicyclic) bond motifs is 1. The Morgan fingerprint density at radius 1 is 1.06 bits per heavy atom. The van der Waals surface area contributed by atoms with Gasteiger partial charge < -0.3 is 20.1 Å². The van der Waals surface area contributed by atoms with Crippen molar-refractivity contribution in [1.82, 2.24) is 10.2 Å². The van der Waals surface area contributed by atoms with Crippen molar-refractivity contribution >= 4 is 22.8 Å². The van der Waals surface area contributed by atoms with E-state index in [1.165, 1.54) is 30.2 Å². The molecule has 6 nitrogen and oxygen atoms in total. The molecule has 1 aliphatic rings. The molecular formula is C30H36N2O4. The average Bonchev–Trinajstić information content (AvgIpc) is 3.15. The maximum absolute atomic E-state index is 12.8. The summed E-state index contributed by atoms with van der Waals surface area (Å²) in [5, 5.41) is 14.8. The molecule has 3 aromatic rings. The van der Waals surface area contributed by atoms with E-state index in [0.717, 1.165) is 44.2 Å². The molecule has 3 aromatic carbocycles. The van der Waals surface area contributed by atoms with Crippen LogP contribution in [0.15, 0.2) is 66.7 Å². The monoisotopic (exact) mass is 488 g/mol. The molecule has 0 aliphatic carbocycles. The van der Waals surface area contributed by atoms with E-state index in [-0.39, 0.29) is 11.6 Å². The van der Waals surface area contributed by atoms with E-state index in [0.29, 0.717) is 12.3 Å². The number of carboxylic acids is 1. The highest BCUT2D eigenvalue weighted by molar-refractivity contribution is 5.83. The summed E-state index contributed by atoms with van der Waals surface area (Å²) in [5.74, 6) is -0.460. The third-order valence-electron chi connectivity index (χ3n) is 7.10. The minimum absolute atomic E-state index is 0.0279. The Morgan fingerprint density at radius 2 is 1.75 bits per heavy atom. The fourth-order valence-electron chi connectivity index (χ4n) is 5.09. The number of carboxylic acid groups (broad SMARTS) is 1. The van der Waals surface area contributed by atoms with Gasteiger partial charge in [0.1, 0.15) is 5.75 Å². The van der Waals surface area contributed by atoms with E-state index in [9.17, 15) is 14.7 Å². The van der Waals surface area contributed by atoms with Crippen LogP contribution in [0.1, 0.15) is 51.2 Å². The summed E-state index contributed by atoms with van der Waals surface area (Å²) in [6.07, 6.45) is 4.43. The van der Waals surface area contributed by atoms with Crippen molar-refractivity contribution in [2.45, 2.75) is 64.0 Å². The highest BCUT2D eigenvalue weighted by Crippen LogP contribution is 2.32. The van der Waals surface area contributed by atoms with Gasteiger partial charge in [-0.25, -0.2) is 9.59 Å². The number of hydrogen-bond donors (Lipinski definition) is 2. The van der Waals surface area contributed by atoms with Crippen LogP contribution in [0, 0.1) is 0 Å². The molecule has 2 N–H and O–H groups in total. The third-order valence-corrected chi connectivity index (χ3v) is 7.10. The number of aliphatic carboxylic acids is 1. The lowest BCUT2D eigenvalue weighted by Crippen LogP contribution is -2.49. The van der Waals surface area contributed by atoms with Crippen molar-refractivity contribution < 1.29 is 19.4 Å². The molecule has 190 valence electrons. The lowest BCUT2D eigenvalue weighted by atomic mass is 9.84. The van der Waals surface area contributed by atoms with Crippen LogP contribution in [0.4, 0.5) is 4.79 Å². The number of rotatable bonds is 11. The molecule has 36 heavy (non-hydrogen) atoms. The Labute approximate surface area is 213 Å². The van der Waals surface area contributed by atoms with Gasteiger partial charge in [-0.15, -0.1) is 0 Å². The third kappa shape index (κ3) is 5.64. The van der Waals surface area contributed by atoms with Crippen molar-refractivity contribution in [2.75, 3.05) is 13.1 Å². The Balaban J connectivity index is 1.47. The van der Waals surface area contributed by atoms with Gasteiger partial charge in [-0.2, -0.15) is 0 Å². The molecule has 0 radical (unpaired) electrons. The molecule has 1 aliphatic heterocycles. The lowest BCUT2D eigenvalue weighted by molar-refractivity contribution is -0.152. The zero-order chi connectivity index (χ0) is 25.8. The summed E-state index contributed by atoms with van der Waals surface area (Å²) in [4.78, 5) is 26.1. The molecule has 1 fully saturated rings. The summed E-state index contributed by atoms with van der Waals surface area (Å²) in [6.45, 7) is 6.58. The number of aryl methyl sites for hydroxylation is 1. The largest absolute Gasteiger partial charge is 0.478 e. The van der Waals surface area contributed by atoms with Gasteiger partial charge in [0.2, 0.25) is 0 Å². The molecule has 0 aromatic heterocycles. The second-order valence-corrected chi connectivity index (χ2v) is 10.3. The Hall–Kier alpha value is -3.54. The Morgan fingerprint density at radius 3 is 2.44 bits per heavy atom. The minimum atomic E-state index is -1.28. The maximum Gasteiger partial charge on any atom is 0.347 e. The lowest BCUT2D eigenvalue weighted by Gasteiger charge is -2.37. The highest BCUT2D eigenvalue weighted by Gasteiger charge is 2.44. The highest BCUT2D eigenvalue weighted by atomic mass is 16.5. The van der Waals surface area contributed by atoms with Crippen molar-refractivity contribution in [3.05, 3.63) is 77.9 Å². The van der Waals surface area contributed by atoms with Crippen LogP contribution >= 0.6 is 0 Å². The quantitative estimate of drug-likeness (QED) is 0.356. The topological polar surface area (TPSA) is 78.9 Å². The average molecular weight is 489 g/mol. The van der Waals surface area contributed by atoms with Crippen LogP contribution in [0.2, 0.25) is 0 Å². The predicted octanol–water partition coefficient (Wildman–Crippen LogP) is 5.82. The van der Waals surface area contributed by atoms with E-state index in [1.807, 2.05) is 29.2 Å². The van der Waals surface area contributed by atoms with Crippen LogP contribution in [0.5, 0.6) is 5.75 Å². The molecule has 6 heteroatoms. The fraction of sp³-hybridized carbons (Fsp3) is 0.400. The summed E-state index contributed by atoms with van der Waals surface area (Å²) < 4.78 is 5.62. The summed E-state index contributed by atoms with van der Waals surface area (Å²) in [5.41, 5.74) is 0.871. The van der Waals surface area contributed by atoms with Gasteiger partial charge in [-0.05, 0) is 80.0 Å². The minimum Gasteiger partial charge on any atom is -0.478 e. The number of nitrogens with one attached hydrogen (secondary N) is 1. The summed E-state index contributed by atoms with van der Waals surface area (Å²) in [6, 6.07) is 22.6. The zero-order valence-electron chi connectivity index (χ0n) is 21.4. The summed E-state index contributed by atoms with van der Waals surface area (Å²) >= 11 is 0. The molecule has 4 rings (SSSR count). The normalized spacial score (nSPS) is 17.9. The van der Waals surface area contributed by atoms with Gasteiger partial charge in [0.05, 0.1) is 5.54 Å². The number of ether oxygens (including phenoxy) is 1. The first kappa shape index (κ1) is 25.5. The van der Waals surface area contributed by atoms with E-state index in [4.69, 9.17) is 4.74 Å². The van der Waals surface area contributed by atoms with Crippen LogP contribution in [0.25, 0.3) is 10.8 Å². The van der Waals surface area contributed by atoms with E-state index in [2.05, 4.69) is 54.7 Å². The van der Waals surface area contributed by atoms with Crippen LogP contribution in [0.3, 0.4) is 0 Å². The molecule has 0 bridgehead atoms. The van der Waals surface area contributed by atoms with Gasteiger partial charge in [0.15, 0.2) is 5.60 Å². The molecule has 1 unspecified atom stereocenters. The molecule has 0 spiro atoms.